The van der Waals surface area contributed by atoms with E-state index in [1.165, 1.54) is 0 Å². The number of alkyl carbamates (subject to hydrolysis) is 1. The molecule has 1 aliphatic heterocycles. The van der Waals surface area contributed by atoms with Gasteiger partial charge in [-0.3, -0.25) is 10.1 Å². The van der Waals surface area contributed by atoms with Gasteiger partial charge in [0.1, 0.15) is 11.0 Å². The number of ketones is 1. The molecule has 2 atom stereocenters. The second-order valence-electron chi connectivity index (χ2n) is 6.09. The van der Waals surface area contributed by atoms with Crippen molar-refractivity contribution in [1.82, 2.24) is 10.6 Å². The molecular formula is C14H27N3O3S. The molecule has 0 saturated carbocycles. The monoisotopic (exact) mass is 317 g/mol. The fraction of sp³-hybridized carbons (Fsp3) is 0.857. The van der Waals surface area contributed by atoms with Gasteiger partial charge in [0.2, 0.25) is 0 Å². The zero-order valence-corrected chi connectivity index (χ0v) is 13.9. The van der Waals surface area contributed by atoms with Crippen molar-refractivity contribution in [1.29, 1.82) is 0 Å². The predicted octanol–water partition coefficient (Wildman–Crippen LogP) is 1.24. The van der Waals surface area contributed by atoms with E-state index in [9.17, 15) is 9.59 Å². The molecule has 4 N–H and O–H groups in total. The van der Waals surface area contributed by atoms with Gasteiger partial charge in [-0.1, -0.05) is 0 Å². The molecule has 0 spiro atoms. The molecule has 1 fully saturated rings. The van der Waals surface area contributed by atoms with Gasteiger partial charge in [-0.2, -0.15) is 0 Å². The summed E-state index contributed by atoms with van der Waals surface area (Å²) in [7, 11) is 0. The molecule has 1 aliphatic rings. The van der Waals surface area contributed by atoms with Crippen LogP contribution in [0.3, 0.4) is 0 Å². The number of hydrogen-bond acceptors (Lipinski definition) is 6. The summed E-state index contributed by atoms with van der Waals surface area (Å²) in [6.45, 7) is 6.80. The number of thioether (sulfide) groups is 1. The molecule has 0 aromatic carbocycles. The molecule has 7 heteroatoms. The van der Waals surface area contributed by atoms with Crippen molar-refractivity contribution in [2.75, 3.05) is 18.8 Å². The fourth-order valence-corrected chi connectivity index (χ4v) is 3.05. The average molecular weight is 317 g/mol. The summed E-state index contributed by atoms with van der Waals surface area (Å²) < 4.78 is 5.23. The van der Waals surface area contributed by atoms with Crippen LogP contribution in [0.2, 0.25) is 0 Å². The molecule has 0 bridgehead atoms. The third kappa shape index (κ3) is 7.15. The molecule has 122 valence electrons. The second-order valence-corrected chi connectivity index (χ2v) is 7.30. The Morgan fingerprint density at radius 2 is 2.14 bits per heavy atom. The van der Waals surface area contributed by atoms with Gasteiger partial charge in [-0.15, -0.1) is 11.8 Å². The largest absolute Gasteiger partial charge is 0.444 e. The minimum atomic E-state index is -0.574. The summed E-state index contributed by atoms with van der Waals surface area (Å²) in [5, 5.41) is 5.62. The molecule has 1 saturated heterocycles. The highest BCUT2D eigenvalue weighted by atomic mass is 32.2. The van der Waals surface area contributed by atoms with Crippen molar-refractivity contribution in [2.45, 2.75) is 57.1 Å². The number of Topliss-reactive ketones (excluding diaryl/α,β-unsaturated/α-hetero) is 1. The zero-order valence-electron chi connectivity index (χ0n) is 13.1. The molecule has 0 aliphatic carbocycles. The Morgan fingerprint density at radius 1 is 1.43 bits per heavy atom. The summed E-state index contributed by atoms with van der Waals surface area (Å²) >= 11 is 1.58. The maximum Gasteiger partial charge on any atom is 0.408 e. The van der Waals surface area contributed by atoms with Crippen molar-refractivity contribution in [2.24, 2.45) is 5.73 Å². The minimum absolute atomic E-state index is 0.0142. The van der Waals surface area contributed by atoms with Crippen LogP contribution < -0.4 is 16.4 Å². The number of carbonyl (C=O) groups is 2. The van der Waals surface area contributed by atoms with Gasteiger partial charge >= 0.3 is 6.09 Å². The average Bonchev–Trinajstić information content (AvgIpc) is 2.88. The summed E-state index contributed by atoms with van der Waals surface area (Å²) in [5.41, 5.74) is 4.91. The van der Waals surface area contributed by atoms with Crippen molar-refractivity contribution in [3.63, 3.8) is 0 Å². The number of amides is 1. The number of carbonyl (C=O) groups excluding carboxylic acids is 2. The number of unbranched alkanes of at least 4 members (excludes halogenated alkanes) is 1. The third-order valence-electron chi connectivity index (χ3n) is 2.96. The van der Waals surface area contributed by atoms with Crippen LogP contribution in [-0.2, 0) is 9.53 Å². The second kappa shape index (κ2) is 8.60. The molecule has 1 amide bonds. The molecule has 21 heavy (non-hydrogen) atoms. The Bertz CT molecular complexity index is 352. The molecule has 1 rings (SSSR count). The highest BCUT2D eigenvalue weighted by Gasteiger charge is 2.31. The number of nitrogens with two attached hydrogens (primary N) is 1. The first kappa shape index (κ1) is 18.3. The van der Waals surface area contributed by atoms with Crippen LogP contribution >= 0.6 is 11.8 Å². The molecule has 0 aromatic heterocycles. The highest BCUT2D eigenvalue weighted by Crippen LogP contribution is 2.18. The van der Waals surface area contributed by atoms with E-state index in [2.05, 4.69) is 10.6 Å². The Hall–Kier alpha value is -0.790. The van der Waals surface area contributed by atoms with Crippen molar-refractivity contribution in [3.8, 4) is 0 Å². The zero-order chi connectivity index (χ0) is 15.9. The number of hydrogen-bond donors (Lipinski definition) is 3. The summed E-state index contributed by atoms with van der Waals surface area (Å²) in [4.78, 5) is 24.3. The van der Waals surface area contributed by atoms with Crippen LogP contribution in [0.15, 0.2) is 0 Å². The molecule has 0 aromatic rings. The van der Waals surface area contributed by atoms with Crippen LogP contribution in [0.1, 0.15) is 40.0 Å². The van der Waals surface area contributed by atoms with E-state index in [1.807, 2.05) is 0 Å². The van der Waals surface area contributed by atoms with Gasteiger partial charge in [0, 0.05) is 12.3 Å². The van der Waals surface area contributed by atoms with E-state index in [0.717, 1.165) is 25.1 Å². The van der Waals surface area contributed by atoms with Crippen molar-refractivity contribution < 1.29 is 14.3 Å². The Morgan fingerprint density at radius 3 is 2.67 bits per heavy atom. The molecule has 1 heterocycles. The quantitative estimate of drug-likeness (QED) is 0.612. The number of rotatable bonds is 7. The van der Waals surface area contributed by atoms with E-state index < -0.39 is 17.7 Å². The first-order valence-corrected chi connectivity index (χ1v) is 8.46. The van der Waals surface area contributed by atoms with Crippen LogP contribution in [-0.4, -0.2) is 47.7 Å². The molecule has 6 nitrogen and oxygen atoms in total. The SMILES string of the molecule is CC(C)(C)OC(=O)N[C@@H](CCCCN)C(=O)C1NCCS1. The standard InChI is InChI=1S/C14H27N3O3S/c1-14(2,3)20-13(19)17-10(6-4-5-7-15)11(18)12-16-8-9-21-12/h10,12,16H,4-9,15H2,1-3H3,(H,17,19)/t10-,12?/m0/s1. The Kier molecular flexibility index (Phi) is 7.48. The highest BCUT2D eigenvalue weighted by molar-refractivity contribution is 8.00. The van der Waals surface area contributed by atoms with Crippen LogP contribution in [0.25, 0.3) is 0 Å². The van der Waals surface area contributed by atoms with Crippen LogP contribution in [0, 0.1) is 0 Å². The molecule has 0 radical (unpaired) electrons. The molecule has 1 unspecified atom stereocenters. The van der Waals surface area contributed by atoms with Gasteiger partial charge in [-0.25, -0.2) is 4.79 Å². The smallest absolute Gasteiger partial charge is 0.408 e. The van der Waals surface area contributed by atoms with E-state index >= 15 is 0 Å². The lowest BCUT2D eigenvalue weighted by Gasteiger charge is -2.24. The van der Waals surface area contributed by atoms with E-state index in [1.54, 1.807) is 32.5 Å². The molecular weight excluding hydrogens is 290 g/mol. The number of ether oxygens (including phenoxy) is 1. The minimum Gasteiger partial charge on any atom is -0.444 e. The lowest BCUT2D eigenvalue weighted by Crippen LogP contribution is -2.48. The topological polar surface area (TPSA) is 93.4 Å². The first-order valence-electron chi connectivity index (χ1n) is 7.42. The predicted molar refractivity (Wildman–Crippen MR) is 85.3 cm³/mol. The fourth-order valence-electron chi connectivity index (χ4n) is 2.02. The van der Waals surface area contributed by atoms with Crippen molar-refractivity contribution in [3.05, 3.63) is 0 Å². The summed E-state index contributed by atoms with van der Waals surface area (Å²) in [5.74, 6) is 0.929. The Balaban J connectivity index is 2.58. The first-order chi connectivity index (χ1) is 9.83. The third-order valence-corrected chi connectivity index (χ3v) is 4.13. The van der Waals surface area contributed by atoms with Gasteiger partial charge < -0.3 is 15.8 Å². The summed E-state index contributed by atoms with van der Waals surface area (Å²) in [6.07, 6.45) is 1.69. The van der Waals surface area contributed by atoms with E-state index in [-0.39, 0.29) is 11.2 Å². The van der Waals surface area contributed by atoms with Gasteiger partial charge in [-0.05, 0) is 46.6 Å². The Labute approximate surface area is 130 Å². The van der Waals surface area contributed by atoms with E-state index in [0.29, 0.717) is 13.0 Å². The number of nitrogens with one attached hydrogen (secondary N) is 2. The normalized spacial score (nSPS) is 20.1. The lowest BCUT2D eigenvalue weighted by atomic mass is 10.1. The lowest BCUT2D eigenvalue weighted by molar-refractivity contribution is -0.121. The van der Waals surface area contributed by atoms with Crippen molar-refractivity contribution >= 4 is 23.6 Å². The van der Waals surface area contributed by atoms with E-state index in [4.69, 9.17) is 10.5 Å². The van der Waals surface area contributed by atoms with Crippen LogP contribution in [0.4, 0.5) is 4.79 Å². The van der Waals surface area contributed by atoms with Gasteiger partial charge in [0.05, 0.1) is 6.04 Å². The maximum absolute atomic E-state index is 12.5. The van der Waals surface area contributed by atoms with Gasteiger partial charge in [0.15, 0.2) is 5.78 Å². The summed E-state index contributed by atoms with van der Waals surface area (Å²) in [6, 6.07) is -0.519. The van der Waals surface area contributed by atoms with Gasteiger partial charge in [0.25, 0.3) is 0 Å². The van der Waals surface area contributed by atoms with Crippen LogP contribution in [0.5, 0.6) is 0 Å². The maximum atomic E-state index is 12.5.